The quantitative estimate of drug-likeness (QED) is 0.503. The number of rotatable bonds is 8. The van der Waals surface area contributed by atoms with E-state index >= 15 is 0 Å². The Hall–Kier alpha value is -1.76. The summed E-state index contributed by atoms with van der Waals surface area (Å²) in [5.41, 5.74) is 1.11. The summed E-state index contributed by atoms with van der Waals surface area (Å²) in [7, 11) is 2.98. The predicted molar refractivity (Wildman–Crippen MR) is 88.2 cm³/mol. The van der Waals surface area contributed by atoms with Crippen LogP contribution in [0.5, 0.6) is 11.5 Å². The highest BCUT2D eigenvalue weighted by Gasteiger charge is 2.27. The van der Waals surface area contributed by atoms with Crippen molar-refractivity contribution in [2.45, 2.75) is 25.1 Å². The van der Waals surface area contributed by atoms with E-state index in [0.717, 1.165) is 0 Å². The SMILES string of the molecule is CCOC(=O)Cc1c(C(Br)C(=O)OCC)ccc(OC)c1OC. The summed E-state index contributed by atoms with van der Waals surface area (Å²) in [6.45, 7) is 4.00. The van der Waals surface area contributed by atoms with E-state index in [2.05, 4.69) is 15.9 Å². The van der Waals surface area contributed by atoms with Crippen LogP contribution in [0.2, 0.25) is 0 Å². The van der Waals surface area contributed by atoms with Crippen molar-refractivity contribution in [2.75, 3.05) is 27.4 Å². The second-order valence-corrected chi connectivity index (χ2v) is 5.38. The van der Waals surface area contributed by atoms with E-state index in [1.807, 2.05) is 0 Å². The van der Waals surface area contributed by atoms with Crippen LogP contribution in [0.15, 0.2) is 12.1 Å². The number of alkyl halides is 1. The normalized spacial score (nSPS) is 11.5. The van der Waals surface area contributed by atoms with Crippen molar-refractivity contribution in [3.63, 3.8) is 0 Å². The first-order chi connectivity index (χ1) is 11.0. The maximum Gasteiger partial charge on any atom is 0.324 e. The van der Waals surface area contributed by atoms with Gasteiger partial charge in [-0.1, -0.05) is 22.0 Å². The minimum Gasteiger partial charge on any atom is -0.493 e. The molecule has 0 N–H and O–H groups in total. The molecule has 1 aromatic rings. The molecule has 0 saturated carbocycles. The van der Waals surface area contributed by atoms with Gasteiger partial charge >= 0.3 is 11.9 Å². The molecule has 0 aliphatic rings. The molecule has 1 unspecified atom stereocenters. The lowest BCUT2D eigenvalue weighted by Crippen LogP contribution is -2.16. The Labute approximate surface area is 144 Å². The van der Waals surface area contributed by atoms with Crippen molar-refractivity contribution < 1.29 is 28.5 Å². The van der Waals surface area contributed by atoms with Crippen molar-refractivity contribution in [1.29, 1.82) is 0 Å². The Balaban J connectivity index is 3.32. The third kappa shape index (κ3) is 4.86. The molecule has 128 valence electrons. The van der Waals surface area contributed by atoms with Crippen molar-refractivity contribution in [2.24, 2.45) is 0 Å². The zero-order valence-electron chi connectivity index (χ0n) is 13.7. The van der Waals surface area contributed by atoms with Gasteiger partial charge in [0.1, 0.15) is 4.83 Å². The Bertz CT molecular complexity index is 558. The number of ether oxygens (including phenoxy) is 4. The molecule has 0 aliphatic heterocycles. The van der Waals surface area contributed by atoms with Gasteiger partial charge in [-0.05, 0) is 25.5 Å². The highest BCUT2D eigenvalue weighted by atomic mass is 79.9. The molecule has 0 aliphatic carbocycles. The topological polar surface area (TPSA) is 71.1 Å². The lowest BCUT2D eigenvalue weighted by molar-refractivity contribution is -0.143. The average molecular weight is 389 g/mol. The number of hydrogen-bond donors (Lipinski definition) is 0. The van der Waals surface area contributed by atoms with Gasteiger partial charge in [0.25, 0.3) is 0 Å². The van der Waals surface area contributed by atoms with Crippen LogP contribution in [-0.4, -0.2) is 39.4 Å². The van der Waals surface area contributed by atoms with E-state index in [0.29, 0.717) is 22.6 Å². The fraction of sp³-hybridized carbons (Fsp3) is 0.500. The van der Waals surface area contributed by atoms with Gasteiger partial charge in [0, 0.05) is 5.56 Å². The third-order valence-electron chi connectivity index (χ3n) is 3.08. The van der Waals surface area contributed by atoms with E-state index in [1.54, 1.807) is 26.0 Å². The number of carbonyl (C=O) groups excluding carboxylic acids is 2. The summed E-state index contributed by atoms with van der Waals surface area (Å²) in [4.78, 5) is 23.2. The number of methoxy groups -OCH3 is 2. The zero-order chi connectivity index (χ0) is 17.4. The number of halogens is 1. The van der Waals surface area contributed by atoms with Crippen LogP contribution in [0.4, 0.5) is 0 Å². The minimum atomic E-state index is -0.716. The third-order valence-corrected chi connectivity index (χ3v) is 3.94. The molecular weight excluding hydrogens is 368 g/mol. The second-order valence-electron chi connectivity index (χ2n) is 4.47. The molecule has 0 fully saturated rings. The van der Waals surface area contributed by atoms with Crippen molar-refractivity contribution >= 4 is 27.9 Å². The van der Waals surface area contributed by atoms with Gasteiger partial charge in [-0.3, -0.25) is 9.59 Å². The Morgan fingerprint density at radius 3 is 2.26 bits per heavy atom. The lowest BCUT2D eigenvalue weighted by Gasteiger charge is -2.19. The van der Waals surface area contributed by atoms with Gasteiger partial charge in [0.2, 0.25) is 0 Å². The van der Waals surface area contributed by atoms with E-state index in [4.69, 9.17) is 18.9 Å². The number of hydrogen-bond acceptors (Lipinski definition) is 6. The summed E-state index contributed by atoms with van der Waals surface area (Å²) >= 11 is 3.32. The van der Waals surface area contributed by atoms with Crippen LogP contribution in [-0.2, 0) is 25.5 Å². The van der Waals surface area contributed by atoms with Gasteiger partial charge in [-0.2, -0.15) is 0 Å². The van der Waals surface area contributed by atoms with Crippen LogP contribution >= 0.6 is 15.9 Å². The maximum atomic E-state index is 12.0. The standard InChI is InChI=1S/C16H21BrO6/c1-5-22-13(18)9-11-10(14(17)16(19)23-6-2)7-8-12(20-3)15(11)21-4/h7-8,14H,5-6,9H2,1-4H3. The molecule has 0 heterocycles. The first-order valence-electron chi connectivity index (χ1n) is 7.20. The molecular formula is C16H21BrO6. The fourth-order valence-electron chi connectivity index (χ4n) is 2.12. The molecule has 0 bridgehead atoms. The molecule has 0 saturated heterocycles. The smallest absolute Gasteiger partial charge is 0.324 e. The molecule has 7 heteroatoms. The van der Waals surface area contributed by atoms with Crippen LogP contribution < -0.4 is 9.47 Å². The van der Waals surface area contributed by atoms with Gasteiger partial charge in [0.05, 0.1) is 33.9 Å². The summed E-state index contributed by atoms with van der Waals surface area (Å²) in [6, 6.07) is 3.38. The molecule has 0 aromatic heterocycles. The fourth-order valence-corrected chi connectivity index (χ4v) is 2.69. The van der Waals surface area contributed by atoms with E-state index in [-0.39, 0.29) is 19.6 Å². The van der Waals surface area contributed by atoms with Gasteiger partial charge in [0.15, 0.2) is 11.5 Å². The summed E-state index contributed by atoms with van der Waals surface area (Å²) in [5.74, 6) is 0.0135. The Kier molecular flexibility index (Phi) is 7.88. The first-order valence-corrected chi connectivity index (χ1v) is 8.11. The van der Waals surface area contributed by atoms with Crippen molar-refractivity contribution in [3.8, 4) is 11.5 Å². The van der Waals surface area contributed by atoms with E-state index in [1.165, 1.54) is 14.2 Å². The summed E-state index contributed by atoms with van der Waals surface area (Å²) in [5, 5.41) is 0. The molecule has 1 rings (SSSR count). The molecule has 0 amide bonds. The van der Waals surface area contributed by atoms with Crippen LogP contribution in [0.25, 0.3) is 0 Å². The highest BCUT2D eigenvalue weighted by molar-refractivity contribution is 9.09. The van der Waals surface area contributed by atoms with E-state index < -0.39 is 16.8 Å². The Morgan fingerprint density at radius 2 is 1.74 bits per heavy atom. The minimum absolute atomic E-state index is 0.0367. The average Bonchev–Trinajstić information content (AvgIpc) is 2.54. The molecule has 1 atom stereocenters. The van der Waals surface area contributed by atoms with E-state index in [9.17, 15) is 9.59 Å². The largest absolute Gasteiger partial charge is 0.493 e. The first kappa shape index (κ1) is 19.3. The van der Waals surface area contributed by atoms with Crippen LogP contribution in [0.1, 0.15) is 29.8 Å². The molecule has 23 heavy (non-hydrogen) atoms. The molecule has 6 nitrogen and oxygen atoms in total. The Morgan fingerprint density at radius 1 is 1.09 bits per heavy atom. The van der Waals surface area contributed by atoms with Crippen LogP contribution in [0.3, 0.4) is 0 Å². The van der Waals surface area contributed by atoms with Crippen molar-refractivity contribution in [3.05, 3.63) is 23.3 Å². The van der Waals surface area contributed by atoms with Crippen molar-refractivity contribution in [1.82, 2.24) is 0 Å². The summed E-state index contributed by atoms with van der Waals surface area (Å²) in [6.07, 6.45) is -0.0367. The molecule has 0 radical (unpaired) electrons. The van der Waals surface area contributed by atoms with Crippen LogP contribution in [0, 0.1) is 0 Å². The molecule has 0 spiro atoms. The van der Waals surface area contributed by atoms with Gasteiger partial charge < -0.3 is 18.9 Å². The molecule has 1 aromatic carbocycles. The predicted octanol–water partition coefficient (Wildman–Crippen LogP) is 2.81. The van der Waals surface area contributed by atoms with Gasteiger partial charge in [-0.15, -0.1) is 0 Å². The lowest BCUT2D eigenvalue weighted by atomic mass is 9.99. The summed E-state index contributed by atoms with van der Waals surface area (Å²) < 4.78 is 20.6. The monoisotopic (exact) mass is 388 g/mol. The maximum absolute atomic E-state index is 12.0. The zero-order valence-corrected chi connectivity index (χ0v) is 15.3. The number of benzene rings is 1. The van der Waals surface area contributed by atoms with Gasteiger partial charge in [-0.25, -0.2) is 0 Å². The highest BCUT2D eigenvalue weighted by Crippen LogP contribution is 2.39. The number of esters is 2. The number of carbonyl (C=O) groups is 2. The second kappa shape index (κ2) is 9.39.